The lowest BCUT2D eigenvalue weighted by Gasteiger charge is -2.22. The Balaban J connectivity index is 1.31. The number of furan rings is 1. The minimum absolute atomic E-state index is 0.132. The maximum Gasteiger partial charge on any atom is 0.289 e. The Morgan fingerprint density at radius 1 is 0.956 bits per heavy atom. The quantitative estimate of drug-likeness (QED) is 0.341. The van der Waals surface area contributed by atoms with Crippen LogP contribution < -0.4 is 29.6 Å². The molecule has 12 heteroatoms. The van der Waals surface area contributed by atoms with Gasteiger partial charge in [0, 0.05) is 41.9 Å². The van der Waals surface area contributed by atoms with Gasteiger partial charge in [0.25, 0.3) is 17.7 Å². The van der Waals surface area contributed by atoms with Crippen molar-refractivity contribution < 1.29 is 37.7 Å². The van der Waals surface area contributed by atoms with Crippen molar-refractivity contribution in [3.63, 3.8) is 0 Å². The number of nitrogens with one attached hydrogen (secondary N) is 2. The Morgan fingerprint density at radius 2 is 1.80 bits per heavy atom. The van der Waals surface area contributed by atoms with E-state index in [-0.39, 0.29) is 55.1 Å². The van der Waals surface area contributed by atoms with Crippen LogP contribution in [0.2, 0.25) is 5.02 Å². The molecule has 0 unspecified atom stereocenters. The number of hydrogen-bond acceptors (Lipinski definition) is 8. The molecular weight excluding hydrogens is 602 g/mol. The number of nitrogens with zero attached hydrogens (tertiary/aromatic N) is 1. The van der Waals surface area contributed by atoms with Gasteiger partial charge in [-0.1, -0.05) is 23.7 Å². The van der Waals surface area contributed by atoms with E-state index in [9.17, 15) is 14.4 Å². The average molecular weight is 632 g/mol. The van der Waals surface area contributed by atoms with Crippen LogP contribution in [0.1, 0.15) is 26.5 Å². The summed E-state index contributed by atoms with van der Waals surface area (Å²) in [7, 11) is 2.99. The number of amides is 3. The van der Waals surface area contributed by atoms with E-state index in [4.69, 9.17) is 35.0 Å². The van der Waals surface area contributed by atoms with Gasteiger partial charge in [0.1, 0.15) is 34.9 Å². The highest BCUT2D eigenvalue weighted by Gasteiger charge is 2.39. The zero-order valence-corrected chi connectivity index (χ0v) is 25.3. The zero-order valence-electron chi connectivity index (χ0n) is 24.5. The first-order valence-corrected chi connectivity index (χ1v) is 14.6. The number of likely N-dealkylation sites (tertiary alicyclic amines) is 1. The second kappa shape index (κ2) is 12.8. The molecule has 3 aliphatic rings. The average Bonchev–Trinajstić information content (AvgIpc) is 3.70. The third-order valence-corrected chi connectivity index (χ3v) is 7.93. The summed E-state index contributed by atoms with van der Waals surface area (Å²) in [6.45, 7) is 0.240. The highest BCUT2D eigenvalue weighted by atomic mass is 35.5. The molecule has 3 aliphatic heterocycles. The molecule has 4 aromatic rings. The molecule has 0 aliphatic carbocycles. The van der Waals surface area contributed by atoms with E-state index in [1.54, 1.807) is 53.4 Å². The summed E-state index contributed by atoms with van der Waals surface area (Å²) in [5.74, 6) is 1.07. The van der Waals surface area contributed by atoms with Crippen LogP contribution in [-0.4, -0.2) is 68.7 Å². The van der Waals surface area contributed by atoms with Crippen LogP contribution in [0.3, 0.4) is 0 Å². The van der Waals surface area contributed by atoms with Gasteiger partial charge in [-0.3, -0.25) is 14.4 Å². The fraction of sp³-hybridized carbons (Fsp3) is 0.242. The molecule has 3 amide bonds. The maximum absolute atomic E-state index is 13.6. The van der Waals surface area contributed by atoms with Crippen molar-refractivity contribution in [2.45, 2.75) is 18.7 Å². The van der Waals surface area contributed by atoms with Gasteiger partial charge in [0.2, 0.25) is 0 Å². The Kier molecular flexibility index (Phi) is 8.52. The van der Waals surface area contributed by atoms with Gasteiger partial charge in [0.15, 0.2) is 12.4 Å². The van der Waals surface area contributed by atoms with Crippen molar-refractivity contribution in [2.24, 2.45) is 0 Å². The van der Waals surface area contributed by atoms with Crippen LogP contribution in [0.15, 0.2) is 77.2 Å². The molecule has 1 fully saturated rings. The van der Waals surface area contributed by atoms with E-state index in [0.29, 0.717) is 33.6 Å². The van der Waals surface area contributed by atoms with Gasteiger partial charge in [-0.2, -0.15) is 0 Å². The topological polar surface area (TPSA) is 129 Å². The third-order valence-electron chi connectivity index (χ3n) is 7.60. The first-order chi connectivity index (χ1) is 21.8. The summed E-state index contributed by atoms with van der Waals surface area (Å²) in [6, 6.07) is 19.8. The minimum atomic E-state index is -0.622. The van der Waals surface area contributed by atoms with E-state index >= 15 is 0 Å². The van der Waals surface area contributed by atoms with Crippen LogP contribution in [0.25, 0.3) is 11.3 Å². The summed E-state index contributed by atoms with van der Waals surface area (Å²) < 4.78 is 28.9. The number of methoxy groups -OCH3 is 2. The molecule has 4 heterocycles. The van der Waals surface area contributed by atoms with E-state index < -0.39 is 18.1 Å². The van der Waals surface area contributed by atoms with E-state index in [1.807, 2.05) is 18.2 Å². The molecule has 4 bridgehead atoms. The van der Waals surface area contributed by atoms with Gasteiger partial charge in [-0.15, -0.1) is 0 Å². The number of carbonyl (C=O) groups excluding carboxylic acids is 3. The molecule has 45 heavy (non-hydrogen) atoms. The lowest BCUT2D eigenvalue weighted by Crippen LogP contribution is -2.45. The highest BCUT2D eigenvalue weighted by Crippen LogP contribution is 2.31. The molecule has 232 valence electrons. The fourth-order valence-corrected chi connectivity index (χ4v) is 5.51. The monoisotopic (exact) mass is 631 g/mol. The molecule has 0 saturated carbocycles. The summed E-state index contributed by atoms with van der Waals surface area (Å²) in [5.41, 5.74) is 1.65. The Labute approximate surface area is 264 Å². The summed E-state index contributed by atoms with van der Waals surface area (Å²) >= 11 is 6.33. The van der Waals surface area contributed by atoms with Crippen LogP contribution in [-0.2, 0) is 11.3 Å². The second-order valence-electron chi connectivity index (χ2n) is 10.5. The lowest BCUT2D eigenvalue weighted by molar-refractivity contribution is -0.123. The standard InChI is InChI=1S/C33H30ClN3O8/c1-41-22-11-20-12-23(13-22)43-18-31(38)35-15-19-7-8-21(14-29(19)42-2)44-30-17-37(16-26(30)36-32(20)39)33(40)28-10-9-27(45-28)24-5-3-4-6-25(24)34/h3-14,26,30H,15-18H2,1-2H3,(H,35,38)(H,36,39)/t26-,30-/m0/s1. The second-order valence-corrected chi connectivity index (χ2v) is 10.9. The molecule has 3 aromatic carbocycles. The van der Waals surface area contributed by atoms with Crippen molar-refractivity contribution in [3.05, 3.63) is 94.7 Å². The molecule has 7 rings (SSSR count). The number of rotatable bonds is 4. The Bertz CT molecular complexity index is 1760. The van der Waals surface area contributed by atoms with Crippen LogP contribution in [0, 0.1) is 0 Å². The zero-order chi connectivity index (χ0) is 31.5. The van der Waals surface area contributed by atoms with E-state index in [0.717, 1.165) is 5.56 Å². The number of benzene rings is 3. The maximum atomic E-state index is 13.6. The van der Waals surface area contributed by atoms with Crippen LogP contribution in [0.5, 0.6) is 23.0 Å². The number of hydrogen-bond donors (Lipinski definition) is 2. The number of fused-ring (bicyclic) bond motifs is 7. The van der Waals surface area contributed by atoms with Gasteiger partial charge in [0.05, 0.1) is 31.8 Å². The molecular formula is C33H30ClN3O8. The van der Waals surface area contributed by atoms with Gasteiger partial charge in [-0.05, 0) is 48.5 Å². The first-order valence-electron chi connectivity index (χ1n) is 14.2. The lowest BCUT2D eigenvalue weighted by atomic mass is 10.1. The molecule has 0 radical (unpaired) electrons. The smallest absolute Gasteiger partial charge is 0.289 e. The first kappa shape index (κ1) is 29.9. The van der Waals surface area contributed by atoms with Crippen LogP contribution in [0.4, 0.5) is 0 Å². The van der Waals surface area contributed by atoms with Crippen molar-refractivity contribution in [1.29, 1.82) is 0 Å². The highest BCUT2D eigenvalue weighted by molar-refractivity contribution is 6.33. The minimum Gasteiger partial charge on any atom is -0.497 e. The summed E-state index contributed by atoms with van der Waals surface area (Å²) in [4.78, 5) is 41.3. The number of carbonyl (C=O) groups is 3. The largest absolute Gasteiger partial charge is 0.497 e. The fourth-order valence-electron chi connectivity index (χ4n) is 5.28. The van der Waals surface area contributed by atoms with E-state index in [2.05, 4.69) is 10.6 Å². The van der Waals surface area contributed by atoms with Gasteiger partial charge in [-0.25, -0.2) is 0 Å². The van der Waals surface area contributed by atoms with Gasteiger partial charge < -0.3 is 38.9 Å². The molecule has 1 saturated heterocycles. The van der Waals surface area contributed by atoms with E-state index in [1.165, 1.54) is 20.3 Å². The molecule has 2 atom stereocenters. The number of halogens is 1. The number of ether oxygens (including phenoxy) is 4. The molecule has 2 N–H and O–H groups in total. The normalized spacial score (nSPS) is 18.2. The van der Waals surface area contributed by atoms with Crippen molar-refractivity contribution in [3.8, 4) is 34.3 Å². The van der Waals surface area contributed by atoms with Crippen molar-refractivity contribution >= 4 is 29.3 Å². The summed E-state index contributed by atoms with van der Waals surface area (Å²) in [6.07, 6.45) is -0.622. The third kappa shape index (κ3) is 6.53. The van der Waals surface area contributed by atoms with Crippen molar-refractivity contribution in [1.82, 2.24) is 15.5 Å². The molecule has 1 aromatic heterocycles. The predicted molar refractivity (Wildman–Crippen MR) is 164 cm³/mol. The molecule has 11 nitrogen and oxygen atoms in total. The molecule has 0 spiro atoms. The Morgan fingerprint density at radius 3 is 2.60 bits per heavy atom. The SMILES string of the molecule is COc1cc2cc(c1)C(=O)N[C@H]1CN(C(=O)c3ccc(-c4ccccc4Cl)o3)C[C@@H]1Oc1ccc(c(OC)c1)CNC(=O)CO2. The Hall–Kier alpha value is -5.16. The van der Waals surface area contributed by atoms with Crippen LogP contribution >= 0.6 is 11.6 Å². The van der Waals surface area contributed by atoms with Gasteiger partial charge >= 0.3 is 0 Å². The van der Waals surface area contributed by atoms with Crippen molar-refractivity contribution in [2.75, 3.05) is 33.9 Å². The summed E-state index contributed by atoms with van der Waals surface area (Å²) in [5, 5.41) is 6.32. The predicted octanol–water partition coefficient (Wildman–Crippen LogP) is 4.33.